The van der Waals surface area contributed by atoms with Crippen molar-refractivity contribution >= 4 is 5.91 Å². The molecule has 116 valence electrons. The molecule has 0 saturated carbocycles. The van der Waals surface area contributed by atoms with Gasteiger partial charge < -0.3 is 10.1 Å². The lowest BCUT2D eigenvalue weighted by Gasteiger charge is -2.16. The molecule has 1 heterocycles. The Morgan fingerprint density at radius 2 is 2.09 bits per heavy atom. The number of ether oxygens (including phenoxy) is 1. The van der Waals surface area contributed by atoms with Gasteiger partial charge in [0.1, 0.15) is 11.4 Å². The van der Waals surface area contributed by atoms with Crippen LogP contribution in [0.15, 0.2) is 30.7 Å². The molecule has 0 radical (unpaired) electrons. The van der Waals surface area contributed by atoms with Crippen LogP contribution in [-0.4, -0.2) is 23.0 Å². The zero-order valence-corrected chi connectivity index (χ0v) is 13.4. The van der Waals surface area contributed by atoms with E-state index in [9.17, 15) is 4.79 Å². The van der Waals surface area contributed by atoms with E-state index in [4.69, 9.17) is 4.74 Å². The van der Waals surface area contributed by atoms with Gasteiger partial charge in [-0.05, 0) is 41.7 Å². The molecule has 22 heavy (non-hydrogen) atoms. The minimum absolute atomic E-state index is 0.227. The lowest BCUT2D eigenvalue weighted by molar-refractivity contribution is 0.0945. The van der Waals surface area contributed by atoms with Crippen LogP contribution in [0.5, 0.6) is 5.75 Å². The van der Waals surface area contributed by atoms with Gasteiger partial charge in [0.25, 0.3) is 5.91 Å². The van der Waals surface area contributed by atoms with Crippen LogP contribution in [0.25, 0.3) is 0 Å². The SMILES string of the molecule is COc1cc(C)c(CNC(=O)c2cnccn2)cc1C(C)C. The zero-order chi connectivity index (χ0) is 16.1. The van der Waals surface area contributed by atoms with E-state index in [-0.39, 0.29) is 5.91 Å². The third kappa shape index (κ3) is 3.61. The van der Waals surface area contributed by atoms with Gasteiger partial charge in [-0.1, -0.05) is 13.8 Å². The van der Waals surface area contributed by atoms with Crippen LogP contribution < -0.4 is 10.1 Å². The van der Waals surface area contributed by atoms with E-state index in [2.05, 4.69) is 35.2 Å². The molecular formula is C17H21N3O2. The van der Waals surface area contributed by atoms with Crippen LogP contribution in [0.3, 0.4) is 0 Å². The fourth-order valence-corrected chi connectivity index (χ4v) is 2.25. The highest BCUT2D eigenvalue weighted by molar-refractivity contribution is 5.91. The molecule has 2 aromatic rings. The smallest absolute Gasteiger partial charge is 0.271 e. The van der Waals surface area contributed by atoms with E-state index < -0.39 is 0 Å². The first-order valence-electron chi connectivity index (χ1n) is 7.24. The van der Waals surface area contributed by atoms with Crippen LogP contribution in [0, 0.1) is 6.92 Å². The van der Waals surface area contributed by atoms with Crippen molar-refractivity contribution in [2.24, 2.45) is 0 Å². The van der Waals surface area contributed by atoms with E-state index >= 15 is 0 Å². The van der Waals surface area contributed by atoms with Crippen molar-refractivity contribution in [1.82, 2.24) is 15.3 Å². The summed E-state index contributed by atoms with van der Waals surface area (Å²) in [7, 11) is 1.68. The number of aromatic nitrogens is 2. The van der Waals surface area contributed by atoms with Crippen LogP contribution >= 0.6 is 0 Å². The molecule has 2 rings (SSSR count). The molecule has 1 amide bonds. The van der Waals surface area contributed by atoms with Gasteiger partial charge in [0.05, 0.1) is 13.3 Å². The molecule has 0 aliphatic rings. The maximum Gasteiger partial charge on any atom is 0.271 e. The van der Waals surface area contributed by atoms with Gasteiger partial charge in [-0.2, -0.15) is 0 Å². The molecular weight excluding hydrogens is 278 g/mol. The van der Waals surface area contributed by atoms with Gasteiger partial charge in [-0.3, -0.25) is 9.78 Å². The van der Waals surface area contributed by atoms with Crippen molar-refractivity contribution < 1.29 is 9.53 Å². The Morgan fingerprint density at radius 3 is 2.68 bits per heavy atom. The maximum absolute atomic E-state index is 12.0. The number of nitrogens with one attached hydrogen (secondary N) is 1. The van der Waals surface area contributed by atoms with E-state index in [1.165, 1.54) is 12.4 Å². The minimum Gasteiger partial charge on any atom is -0.496 e. The summed E-state index contributed by atoms with van der Waals surface area (Å²) in [5.41, 5.74) is 3.61. The molecule has 0 fully saturated rings. The van der Waals surface area contributed by atoms with Crippen LogP contribution in [0.2, 0.25) is 0 Å². The molecule has 5 nitrogen and oxygen atoms in total. The lowest BCUT2D eigenvalue weighted by Crippen LogP contribution is -2.24. The number of hydrogen-bond acceptors (Lipinski definition) is 4. The number of amides is 1. The zero-order valence-electron chi connectivity index (χ0n) is 13.4. The fraction of sp³-hybridized carbons (Fsp3) is 0.353. The number of methoxy groups -OCH3 is 1. The highest BCUT2D eigenvalue weighted by Gasteiger charge is 2.12. The second-order valence-corrected chi connectivity index (χ2v) is 5.45. The molecule has 0 spiro atoms. The molecule has 0 aliphatic heterocycles. The predicted octanol–water partition coefficient (Wildman–Crippen LogP) is 2.85. The average Bonchev–Trinajstić information content (AvgIpc) is 2.53. The summed E-state index contributed by atoms with van der Waals surface area (Å²) in [4.78, 5) is 19.9. The molecule has 0 saturated heterocycles. The fourth-order valence-electron chi connectivity index (χ4n) is 2.25. The van der Waals surface area contributed by atoms with E-state index in [0.717, 1.165) is 22.4 Å². The van der Waals surface area contributed by atoms with Crippen molar-refractivity contribution in [1.29, 1.82) is 0 Å². The van der Waals surface area contributed by atoms with E-state index in [1.807, 2.05) is 13.0 Å². The number of carbonyl (C=O) groups is 1. The first kappa shape index (κ1) is 15.9. The molecule has 1 N–H and O–H groups in total. The van der Waals surface area contributed by atoms with Gasteiger partial charge in [0, 0.05) is 18.9 Å². The van der Waals surface area contributed by atoms with E-state index in [0.29, 0.717) is 18.2 Å². The van der Waals surface area contributed by atoms with E-state index in [1.54, 1.807) is 13.3 Å². The summed E-state index contributed by atoms with van der Waals surface area (Å²) in [6.07, 6.45) is 4.50. The Labute approximate surface area is 130 Å². The third-order valence-corrected chi connectivity index (χ3v) is 3.55. The second kappa shape index (κ2) is 7.02. The van der Waals surface area contributed by atoms with Gasteiger partial charge in [-0.15, -0.1) is 0 Å². The Kier molecular flexibility index (Phi) is 5.09. The van der Waals surface area contributed by atoms with Crippen molar-refractivity contribution in [3.05, 3.63) is 53.1 Å². The van der Waals surface area contributed by atoms with Crippen LogP contribution in [0.1, 0.15) is 46.9 Å². The summed E-state index contributed by atoms with van der Waals surface area (Å²) in [6, 6.07) is 4.11. The molecule has 0 atom stereocenters. The number of rotatable bonds is 5. The number of nitrogens with zero attached hydrogens (tertiary/aromatic N) is 2. The quantitative estimate of drug-likeness (QED) is 0.922. The van der Waals surface area contributed by atoms with Crippen molar-refractivity contribution in [3.63, 3.8) is 0 Å². The molecule has 0 unspecified atom stereocenters. The van der Waals surface area contributed by atoms with Gasteiger partial charge in [0.2, 0.25) is 0 Å². The highest BCUT2D eigenvalue weighted by Crippen LogP contribution is 2.29. The van der Waals surface area contributed by atoms with Gasteiger partial charge in [0.15, 0.2) is 0 Å². The third-order valence-electron chi connectivity index (χ3n) is 3.55. The second-order valence-electron chi connectivity index (χ2n) is 5.45. The first-order chi connectivity index (χ1) is 10.5. The number of benzene rings is 1. The molecule has 1 aromatic carbocycles. The molecule has 5 heteroatoms. The van der Waals surface area contributed by atoms with Gasteiger partial charge >= 0.3 is 0 Å². The maximum atomic E-state index is 12.0. The summed E-state index contributed by atoms with van der Waals surface area (Å²) < 4.78 is 5.43. The van der Waals surface area contributed by atoms with Crippen molar-refractivity contribution in [2.45, 2.75) is 33.2 Å². The van der Waals surface area contributed by atoms with Gasteiger partial charge in [-0.25, -0.2) is 4.98 Å². The highest BCUT2D eigenvalue weighted by atomic mass is 16.5. The number of hydrogen-bond donors (Lipinski definition) is 1. The Hall–Kier alpha value is -2.43. The largest absolute Gasteiger partial charge is 0.496 e. The predicted molar refractivity (Wildman–Crippen MR) is 85.0 cm³/mol. The minimum atomic E-state index is -0.227. The lowest BCUT2D eigenvalue weighted by atomic mass is 9.96. The van der Waals surface area contributed by atoms with Crippen molar-refractivity contribution in [2.75, 3.05) is 7.11 Å². The summed E-state index contributed by atoms with van der Waals surface area (Å²) >= 11 is 0. The monoisotopic (exact) mass is 299 g/mol. The van der Waals surface area contributed by atoms with Crippen LogP contribution in [0.4, 0.5) is 0 Å². The molecule has 0 aliphatic carbocycles. The Balaban J connectivity index is 2.16. The summed E-state index contributed by atoms with van der Waals surface area (Å²) in [6.45, 7) is 6.70. The normalized spacial score (nSPS) is 10.6. The summed E-state index contributed by atoms with van der Waals surface area (Å²) in [5, 5.41) is 2.88. The summed E-state index contributed by atoms with van der Waals surface area (Å²) in [5.74, 6) is 1.01. The molecule has 1 aromatic heterocycles. The topological polar surface area (TPSA) is 64.1 Å². The Bertz CT molecular complexity index is 654. The Morgan fingerprint density at radius 1 is 1.32 bits per heavy atom. The first-order valence-corrected chi connectivity index (χ1v) is 7.24. The number of aryl methyl sites for hydroxylation is 1. The molecule has 0 bridgehead atoms. The van der Waals surface area contributed by atoms with Crippen molar-refractivity contribution in [3.8, 4) is 5.75 Å². The number of carbonyl (C=O) groups excluding carboxylic acids is 1. The standard InChI is InChI=1S/C17H21N3O2/c1-11(2)14-8-13(12(3)7-16(14)22-4)9-20-17(21)15-10-18-5-6-19-15/h5-8,10-11H,9H2,1-4H3,(H,20,21). The average molecular weight is 299 g/mol. The van der Waals surface area contributed by atoms with Crippen LogP contribution in [-0.2, 0) is 6.54 Å².